The van der Waals surface area contributed by atoms with E-state index in [1.54, 1.807) is 6.07 Å². The highest BCUT2D eigenvalue weighted by Gasteiger charge is 2.13. The number of hydrogen-bond acceptors (Lipinski definition) is 4. The van der Waals surface area contributed by atoms with E-state index >= 15 is 0 Å². The summed E-state index contributed by atoms with van der Waals surface area (Å²) in [6.45, 7) is 2.77. The maximum atomic E-state index is 11.6. The summed E-state index contributed by atoms with van der Waals surface area (Å²) < 4.78 is 10.9. The van der Waals surface area contributed by atoms with Crippen molar-refractivity contribution in [1.29, 1.82) is 0 Å². The summed E-state index contributed by atoms with van der Waals surface area (Å²) >= 11 is 0. The molecule has 0 aromatic heterocycles. The Balaban J connectivity index is 1.87. The Morgan fingerprint density at radius 3 is 1.69 bits per heavy atom. The van der Waals surface area contributed by atoms with Gasteiger partial charge >= 0.3 is 11.9 Å². The molecule has 4 heteroatoms. The molecule has 0 atom stereocenters. The molecule has 32 heavy (non-hydrogen) atoms. The van der Waals surface area contributed by atoms with Gasteiger partial charge in [0.15, 0.2) is 0 Å². The minimum atomic E-state index is -0.378. The smallest absolute Gasteiger partial charge is 0.308 e. The lowest BCUT2D eigenvalue weighted by molar-refractivity contribution is -0.132. The van der Waals surface area contributed by atoms with E-state index in [-0.39, 0.29) is 11.9 Å². The van der Waals surface area contributed by atoms with Crippen molar-refractivity contribution < 1.29 is 19.1 Å². The van der Waals surface area contributed by atoms with Crippen LogP contribution < -0.4 is 9.47 Å². The van der Waals surface area contributed by atoms with Gasteiger partial charge in [0.1, 0.15) is 11.5 Å². The van der Waals surface area contributed by atoms with Gasteiger partial charge in [0.05, 0.1) is 0 Å². The van der Waals surface area contributed by atoms with Crippen LogP contribution in [0.25, 0.3) is 33.4 Å². The summed E-state index contributed by atoms with van der Waals surface area (Å²) in [5.41, 5.74) is 5.48. The number of benzene rings is 4. The molecule has 0 unspecified atom stereocenters. The lowest BCUT2D eigenvalue weighted by Crippen LogP contribution is -2.03. The van der Waals surface area contributed by atoms with Gasteiger partial charge in [-0.05, 0) is 58.1 Å². The van der Waals surface area contributed by atoms with Crippen molar-refractivity contribution in [3.63, 3.8) is 0 Å². The maximum absolute atomic E-state index is 11.6. The molecule has 0 fully saturated rings. The minimum absolute atomic E-state index is 0.377. The lowest BCUT2D eigenvalue weighted by Gasteiger charge is -2.14. The van der Waals surface area contributed by atoms with Gasteiger partial charge in [0.25, 0.3) is 0 Å². The van der Waals surface area contributed by atoms with Gasteiger partial charge in [-0.25, -0.2) is 0 Å². The molecule has 0 spiro atoms. The first-order valence-electron chi connectivity index (χ1n) is 10.3. The molecule has 0 N–H and O–H groups in total. The second kappa shape index (κ2) is 9.31. The van der Waals surface area contributed by atoms with Crippen molar-refractivity contribution in [3.8, 4) is 44.9 Å². The standard InChI is InChI=1S/C28H22O4/c1-19(29)31-26-16-24(21-9-5-3-6-10-21)15-25(17-26)23-13-14-28(32-20(2)30)27(18-23)22-11-7-4-8-12-22/h3-18H,1-2H3. The van der Waals surface area contributed by atoms with E-state index < -0.39 is 0 Å². The molecule has 0 aliphatic heterocycles. The third-order valence-corrected chi connectivity index (χ3v) is 4.93. The molecule has 0 radical (unpaired) electrons. The Labute approximate surface area is 187 Å². The van der Waals surface area contributed by atoms with E-state index in [0.717, 1.165) is 33.4 Å². The third kappa shape index (κ3) is 4.93. The van der Waals surface area contributed by atoms with Crippen molar-refractivity contribution in [1.82, 2.24) is 0 Å². The summed E-state index contributed by atoms with van der Waals surface area (Å²) in [6, 6.07) is 31.1. The van der Waals surface area contributed by atoms with Crippen molar-refractivity contribution >= 4 is 11.9 Å². The van der Waals surface area contributed by atoms with Crippen molar-refractivity contribution in [2.45, 2.75) is 13.8 Å². The summed E-state index contributed by atoms with van der Waals surface area (Å²) in [4.78, 5) is 23.3. The van der Waals surface area contributed by atoms with E-state index in [2.05, 4.69) is 6.07 Å². The zero-order valence-corrected chi connectivity index (χ0v) is 17.9. The minimum Gasteiger partial charge on any atom is -0.427 e. The van der Waals surface area contributed by atoms with Gasteiger partial charge in [-0.15, -0.1) is 0 Å². The first-order valence-corrected chi connectivity index (χ1v) is 10.3. The molecule has 0 saturated carbocycles. The lowest BCUT2D eigenvalue weighted by atomic mass is 9.95. The zero-order chi connectivity index (χ0) is 22.5. The highest BCUT2D eigenvalue weighted by Crippen LogP contribution is 2.37. The van der Waals surface area contributed by atoms with Gasteiger partial charge in [-0.1, -0.05) is 66.7 Å². The molecule has 0 heterocycles. The van der Waals surface area contributed by atoms with Crippen LogP contribution in [-0.2, 0) is 9.59 Å². The molecule has 0 aliphatic rings. The Morgan fingerprint density at radius 2 is 1.09 bits per heavy atom. The van der Waals surface area contributed by atoms with E-state index in [4.69, 9.17) is 9.47 Å². The van der Waals surface area contributed by atoms with E-state index in [0.29, 0.717) is 11.5 Å². The molecule has 4 nitrogen and oxygen atoms in total. The Bertz CT molecular complexity index is 1260. The second-order valence-corrected chi connectivity index (χ2v) is 7.38. The predicted molar refractivity (Wildman–Crippen MR) is 125 cm³/mol. The van der Waals surface area contributed by atoms with Crippen LogP contribution in [0.3, 0.4) is 0 Å². The molecule has 4 aromatic carbocycles. The van der Waals surface area contributed by atoms with Crippen LogP contribution >= 0.6 is 0 Å². The second-order valence-electron chi connectivity index (χ2n) is 7.38. The summed E-state index contributed by atoms with van der Waals surface area (Å²) in [7, 11) is 0. The van der Waals surface area contributed by atoms with Crippen molar-refractivity contribution in [3.05, 3.63) is 97.1 Å². The molecule has 4 aromatic rings. The van der Waals surface area contributed by atoms with Crippen molar-refractivity contribution in [2.75, 3.05) is 0 Å². The first-order chi connectivity index (χ1) is 15.5. The normalized spacial score (nSPS) is 10.4. The quantitative estimate of drug-likeness (QED) is 0.271. The topological polar surface area (TPSA) is 52.6 Å². The summed E-state index contributed by atoms with van der Waals surface area (Å²) in [6.07, 6.45) is 0. The van der Waals surface area contributed by atoms with Gasteiger partial charge in [0, 0.05) is 19.4 Å². The van der Waals surface area contributed by atoms with E-state index in [9.17, 15) is 9.59 Å². The molecule has 0 bridgehead atoms. The highest BCUT2D eigenvalue weighted by atomic mass is 16.5. The maximum Gasteiger partial charge on any atom is 0.308 e. The van der Waals surface area contributed by atoms with E-state index in [1.807, 2.05) is 84.9 Å². The number of hydrogen-bond donors (Lipinski definition) is 0. The van der Waals surface area contributed by atoms with Crippen LogP contribution in [-0.4, -0.2) is 11.9 Å². The average Bonchev–Trinajstić information content (AvgIpc) is 2.79. The summed E-state index contributed by atoms with van der Waals surface area (Å²) in [5.74, 6) is 0.209. The van der Waals surface area contributed by atoms with Gasteiger partial charge in [0.2, 0.25) is 0 Å². The SMILES string of the molecule is CC(=O)Oc1cc(-c2ccccc2)cc(-c2ccc(OC(C)=O)c(-c3ccccc3)c2)c1. The monoisotopic (exact) mass is 422 g/mol. The van der Waals surface area contributed by atoms with Crippen LogP contribution in [0.1, 0.15) is 13.8 Å². The fraction of sp³-hybridized carbons (Fsp3) is 0.0714. The van der Waals surface area contributed by atoms with Gasteiger partial charge in [-0.3, -0.25) is 9.59 Å². The molecule has 0 amide bonds. The number of ether oxygens (including phenoxy) is 2. The van der Waals surface area contributed by atoms with Crippen LogP contribution in [0.5, 0.6) is 11.5 Å². The third-order valence-electron chi connectivity index (χ3n) is 4.93. The van der Waals surface area contributed by atoms with Crippen molar-refractivity contribution in [2.24, 2.45) is 0 Å². The molecule has 4 rings (SSSR count). The fourth-order valence-corrected chi connectivity index (χ4v) is 3.58. The Hall–Kier alpha value is -4.18. The predicted octanol–water partition coefficient (Wildman–Crippen LogP) is 6.54. The highest BCUT2D eigenvalue weighted by molar-refractivity contribution is 5.83. The molecule has 158 valence electrons. The molecule has 0 saturated heterocycles. The van der Waals surface area contributed by atoms with Crippen LogP contribution in [0.4, 0.5) is 0 Å². The van der Waals surface area contributed by atoms with E-state index in [1.165, 1.54) is 13.8 Å². The number of carbonyl (C=O) groups excluding carboxylic acids is 2. The summed E-state index contributed by atoms with van der Waals surface area (Å²) in [5, 5.41) is 0. The molecular weight excluding hydrogens is 400 g/mol. The molecular formula is C28H22O4. The largest absolute Gasteiger partial charge is 0.427 e. The number of esters is 2. The van der Waals surface area contributed by atoms with Gasteiger partial charge in [-0.2, -0.15) is 0 Å². The Kier molecular flexibility index (Phi) is 6.13. The number of rotatable bonds is 5. The fourth-order valence-electron chi connectivity index (χ4n) is 3.58. The van der Waals surface area contributed by atoms with Crippen LogP contribution in [0, 0.1) is 0 Å². The molecule has 0 aliphatic carbocycles. The first kappa shape index (κ1) is 21.1. The average molecular weight is 422 g/mol. The number of carbonyl (C=O) groups is 2. The van der Waals surface area contributed by atoms with Crippen LogP contribution in [0.15, 0.2) is 97.1 Å². The van der Waals surface area contributed by atoms with Gasteiger partial charge < -0.3 is 9.47 Å². The van der Waals surface area contributed by atoms with Crippen LogP contribution in [0.2, 0.25) is 0 Å². The Morgan fingerprint density at radius 1 is 0.531 bits per heavy atom. The zero-order valence-electron chi connectivity index (χ0n) is 17.9.